The third kappa shape index (κ3) is 4.49. The predicted molar refractivity (Wildman–Crippen MR) is 112 cm³/mol. The van der Waals surface area contributed by atoms with Crippen LogP contribution in [0.4, 0.5) is 13.2 Å². The van der Waals surface area contributed by atoms with Gasteiger partial charge in [0.25, 0.3) is 5.91 Å². The minimum absolute atomic E-state index is 0.0809. The van der Waals surface area contributed by atoms with Gasteiger partial charge in [-0.15, -0.1) is 0 Å². The quantitative estimate of drug-likeness (QED) is 0.737. The van der Waals surface area contributed by atoms with Gasteiger partial charge in [0, 0.05) is 31.1 Å². The highest BCUT2D eigenvalue weighted by atomic mass is 19.4. The summed E-state index contributed by atoms with van der Waals surface area (Å²) in [4.78, 5) is 27.7. The van der Waals surface area contributed by atoms with E-state index in [1.165, 1.54) is 11.0 Å². The van der Waals surface area contributed by atoms with Crippen molar-refractivity contribution < 1.29 is 32.2 Å². The van der Waals surface area contributed by atoms with Crippen LogP contribution in [0.2, 0.25) is 0 Å². The molecule has 1 aliphatic carbocycles. The Morgan fingerprint density at radius 3 is 2.58 bits per heavy atom. The second-order valence-electron chi connectivity index (χ2n) is 8.80. The second-order valence-corrected chi connectivity index (χ2v) is 8.80. The van der Waals surface area contributed by atoms with E-state index in [2.05, 4.69) is 5.32 Å². The number of carbonyl (C=O) groups is 2. The molecule has 0 spiro atoms. The lowest BCUT2D eigenvalue weighted by molar-refractivity contribution is -0.137. The van der Waals surface area contributed by atoms with Crippen LogP contribution in [0.1, 0.15) is 40.2 Å². The monoisotopic (exact) mass is 460 g/mol. The number of carbonyl (C=O) groups excluding carboxylic acids is 2. The smallest absolute Gasteiger partial charge is 0.416 e. The van der Waals surface area contributed by atoms with Crippen LogP contribution in [0.15, 0.2) is 42.5 Å². The van der Waals surface area contributed by atoms with Crippen LogP contribution in [0.5, 0.6) is 11.5 Å². The van der Waals surface area contributed by atoms with Crippen LogP contribution in [0, 0.1) is 11.8 Å². The highest BCUT2D eigenvalue weighted by molar-refractivity contribution is 5.96. The molecule has 2 fully saturated rings. The molecule has 1 saturated heterocycles. The number of halogens is 3. The van der Waals surface area contributed by atoms with Gasteiger partial charge in [-0.3, -0.25) is 9.59 Å². The van der Waals surface area contributed by atoms with Gasteiger partial charge in [0.15, 0.2) is 11.5 Å². The number of amides is 2. The van der Waals surface area contributed by atoms with Crippen LogP contribution in [0.3, 0.4) is 0 Å². The molecule has 2 aliphatic heterocycles. The average molecular weight is 460 g/mol. The maximum atomic E-state index is 13.3. The first-order chi connectivity index (χ1) is 15.8. The summed E-state index contributed by atoms with van der Waals surface area (Å²) in [5, 5.41) is 2.93. The number of benzene rings is 2. The maximum absolute atomic E-state index is 13.3. The number of nitrogens with one attached hydrogen (secondary N) is 1. The van der Waals surface area contributed by atoms with E-state index in [-0.39, 0.29) is 31.7 Å². The molecule has 1 N–H and O–H groups in total. The average Bonchev–Trinajstić information content (AvgIpc) is 3.32. The summed E-state index contributed by atoms with van der Waals surface area (Å²) < 4.78 is 50.5. The molecule has 33 heavy (non-hydrogen) atoms. The van der Waals surface area contributed by atoms with E-state index >= 15 is 0 Å². The van der Waals surface area contributed by atoms with Crippen LogP contribution in [0.25, 0.3) is 0 Å². The Hall–Kier alpha value is -3.23. The number of likely N-dealkylation sites (tertiary alicyclic amines) is 1. The van der Waals surface area contributed by atoms with Gasteiger partial charge in [0.05, 0.1) is 11.5 Å². The standard InChI is InChI=1S/C24H23F3N2O4/c25-24(26,27)17-3-1-2-15(8-17)18-11-29(12-19(18)22(30)28-10-14-4-5-14)23(31)16-6-7-20-21(9-16)33-13-32-20/h1-3,6-9,14,18-19H,4-5,10-13H2,(H,28,30)/t18-,19+/m1/s1. The molecule has 3 aliphatic rings. The number of ether oxygens (including phenoxy) is 2. The third-order valence-electron chi connectivity index (χ3n) is 6.47. The molecule has 0 radical (unpaired) electrons. The van der Waals surface area contributed by atoms with E-state index in [0.29, 0.717) is 35.1 Å². The van der Waals surface area contributed by atoms with Gasteiger partial charge in [0.2, 0.25) is 12.7 Å². The van der Waals surface area contributed by atoms with E-state index < -0.39 is 23.6 Å². The number of hydrogen-bond acceptors (Lipinski definition) is 4. The van der Waals surface area contributed by atoms with E-state index in [9.17, 15) is 22.8 Å². The lowest BCUT2D eigenvalue weighted by Gasteiger charge is -2.19. The lowest BCUT2D eigenvalue weighted by atomic mass is 9.87. The van der Waals surface area contributed by atoms with Crippen LogP contribution >= 0.6 is 0 Å². The summed E-state index contributed by atoms with van der Waals surface area (Å²) >= 11 is 0. The number of rotatable bonds is 5. The largest absolute Gasteiger partial charge is 0.454 e. The zero-order chi connectivity index (χ0) is 23.2. The summed E-state index contributed by atoms with van der Waals surface area (Å²) in [5.74, 6) is -0.225. The predicted octanol–water partition coefficient (Wildman–Crippen LogP) is 3.82. The molecule has 2 heterocycles. The van der Waals surface area contributed by atoms with Gasteiger partial charge in [0.1, 0.15) is 0 Å². The molecular formula is C24H23F3N2O4. The second kappa shape index (κ2) is 8.28. The molecule has 2 aromatic rings. The number of nitrogens with zero attached hydrogens (tertiary/aromatic N) is 1. The summed E-state index contributed by atoms with van der Waals surface area (Å²) in [6, 6.07) is 9.89. The fourth-order valence-corrected chi connectivity index (χ4v) is 4.43. The summed E-state index contributed by atoms with van der Waals surface area (Å²) in [5.41, 5.74) is 0.0103. The lowest BCUT2D eigenvalue weighted by Crippen LogP contribution is -2.36. The highest BCUT2D eigenvalue weighted by Crippen LogP contribution is 2.38. The molecule has 5 rings (SSSR count). The number of hydrogen-bond donors (Lipinski definition) is 1. The van der Waals surface area contributed by atoms with E-state index in [4.69, 9.17) is 9.47 Å². The Bertz CT molecular complexity index is 1080. The molecule has 1 saturated carbocycles. The Labute approximate surface area is 188 Å². The van der Waals surface area contributed by atoms with Gasteiger partial charge in [-0.1, -0.05) is 18.2 Å². The maximum Gasteiger partial charge on any atom is 0.416 e. The molecule has 2 atom stereocenters. The van der Waals surface area contributed by atoms with Crippen molar-refractivity contribution in [1.82, 2.24) is 10.2 Å². The minimum Gasteiger partial charge on any atom is -0.454 e. The van der Waals surface area contributed by atoms with Crippen molar-refractivity contribution in [3.8, 4) is 11.5 Å². The third-order valence-corrected chi connectivity index (χ3v) is 6.47. The molecule has 2 amide bonds. The fourth-order valence-electron chi connectivity index (χ4n) is 4.43. The first-order valence-corrected chi connectivity index (χ1v) is 10.9. The summed E-state index contributed by atoms with van der Waals surface area (Å²) in [6.45, 7) is 0.916. The van der Waals surface area contributed by atoms with E-state index in [0.717, 1.165) is 25.0 Å². The summed E-state index contributed by atoms with van der Waals surface area (Å²) in [7, 11) is 0. The Morgan fingerprint density at radius 2 is 1.82 bits per heavy atom. The van der Waals surface area contributed by atoms with E-state index in [1.807, 2.05) is 0 Å². The Morgan fingerprint density at radius 1 is 1.03 bits per heavy atom. The van der Waals surface area contributed by atoms with Gasteiger partial charge in [-0.2, -0.15) is 13.2 Å². The first kappa shape index (κ1) is 21.6. The molecule has 0 unspecified atom stereocenters. The van der Waals surface area contributed by atoms with Crippen LogP contribution < -0.4 is 14.8 Å². The normalized spacial score (nSPS) is 21.8. The zero-order valence-electron chi connectivity index (χ0n) is 17.7. The SMILES string of the molecule is O=C(NCC1CC1)[C@H]1CN(C(=O)c2ccc3c(c2)OCO3)C[C@@H]1c1cccc(C(F)(F)F)c1. The van der Waals surface area contributed by atoms with Crippen molar-refractivity contribution in [2.24, 2.45) is 11.8 Å². The van der Waals surface area contributed by atoms with Crippen molar-refractivity contribution in [3.63, 3.8) is 0 Å². The van der Waals surface area contributed by atoms with Crippen molar-refractivity contribution >= 4 is 11.8 Å². The minimum atomic E-state index is -4.49. The van der Waals surface area contributed by atoms with E-state index in [1.54, 1.807) is 24.3 Å². The Balaban J connectivity index is 1.40. The van der Waals surface area contributed by atoms with Gasteiger partial charge >= 0.3 is 6.18 Å². The molecule has 0 aromatic heterocycles. The van der Waals surface area contributed by atoms with Crippen molar-refractivity contribution in [1.29, 1.82) is 0 Å². The molecule has 2 aromatic carbocycles. The van der Waals surface area contributed by atoms with Crippen LogP contribution in [-0.4, -0.2) is 43.1 Å². The van der Waals surface area contributed by atoms with Crippen molar-refractivity contribution in [2.75, 3.05) is 26.4 Å². The molecule has 174 valence electrons. The molecular weight excluding hydrogens is 437 g/mol. The number of alkyl halides is 3. The van der Waals surface area contributed by atoms with Gasteiger partial charge in [-0.25, -0.2) is 0 Å². The van der Waals surface area contributed by atoms with Crippen LogP contribution in [-0.2, 0) is 11.0 Å². The summed E-state index contributed by atoms with van der Waals surface area (Å²) in [6.07, 6.45) is -2.35. The molecule has 9 heteroatoms. The highest BCUT2D eigenvalue weighted by Gasteiger charge is 2.42. The first-order valence-electron chi connectivity index (χ1n) is 10.9. The van der Waals surface area contributed by atoms with Crippen molar-refractivity contribution in [3.05, 3.63) is 59.2 Å². The number of fused-ring (bicyclic) bond motifs is 1. The zero-order valence-corrected chi connectivity index (χ0v) is 17.7. The fraction of sp³-hybridized carbons (Fsp3) is 0.417. The molecule has 6 nitrogen and oxygen atoms in total. The molecule has 0 bridgehead atoms. The van der Waals surface area contributed by atoms with Gasteiger partial charge in [-0.05, 0) is 48.6 Å². The Kier molecular flexibility index (Phi) is 5.42. The van der Waals surface area contributed by atoms with Gasteiger partial charge < -0.3 is 19.7 Å². The topological polar surface area (TPSA) is 67.9 Å². The van der Waals surface area contributed by atoms with Crippen molar-refractivity contribution in [2.45, 2.75) is 24.9 Å².